The van der Waals surface area contributed by atoms with E-state index in [2.05, 4.69) is 16.0 Å². The van der Waals surface area contributed by atoms with Gasteiger partial charge < -0.3 is 20.5 Å². The quantitative estimate of drug-likeness (QED) is 0.695. The molecule has 26 heavy (non-hydrogen) atoms. The van der Waals surface area contributed by atoms with E-state index in [-0.39, 0.29) is 11.5 Å². The molecule has 0 atom stereocenters. The molecule has 4 rings (SSSR count). The summed E-state index contributed by atoms with van der Waals surface area (Å²) in [5.74, 6) is 0.0423. The highest BCUT2D eigenvalue weighted by molar-refractivity contribution is 5.94. The molecule has 0 aliphatic carbocycles. The Hall–Kier alpha value is -3.28. The average Bonchev–Trinajstić information content (AvgIpc) is 2.68. The lowest BCUT2D eigenvalue weighted by Gasteiger charge is -2.36. The van der Waals surface area contributed by atoms with Gasteiger partial charge in [0.25, 0.3) is 5.91 Å². The Morgan fingerprint density at radius 2 is 1.65 bits per heavy atom. The minimum Gasteiger partial charge on any atom is -0.399 e. The van der Waals surface area contributed by atoms with Crippen LogP contribution in [0.5, 0.6) is 0 Å². The molecule has 1 aliphatic rings. The Labute approximate surface area is 150 Å². The number of pyridine rings is 1. The third-order valence-corrected chi connectivity index (χ3v) is 4.80. The fourth-order valence-electron chi connectivity index (χ4n) is 3.31. The maximum Gasteiger partial charge on any atom is 0.253 e. The summed E-state index contributed by atoms with van der Waals surface area (Å²) in [7, 11) is 0. The van der Waals surface area contributed by atoms with Gasteiger partial charge in [-0.15, -0.1) is 0 Å². The molecule has 3 aromatic rings. The molecule has 1 saturated heterocycles. The molecule has 0 radical (unpaired) electrons. The fraction of sp³-hybridized carbons (Fsp3) is 0.200. The van der Waals surface area contributed by atoms with E-state index in [0.717, 1.165) is 29.7 Å². The largest absolute Gasteiger partial charge is 0.399 e. The molecule has 3 N–H and O–H groups in total. The number of rotatable bonds is 2. The van der Waals surface area contributed by atoms with Gasteiger partial charge in [-0.1, -0.05) is 0 Å². The van der Waals surface area contributed by atoms with Crippen LogP contribution in [0, 0.1) is 0 Å². The summed E-state index contributed by atoms with van der Waals surface area (Å²) < 4.78 is 0. The number of carbonyl (C=O) groups excluding carboxylic acids is 1. The van der Waals surface area contributed by atoms with Gasteiger partial charge in [0.1, 0.15) is 0 Å². The van der Waals surface area contributed by atoms with Crippen LogP contribution in [-0.2, 0) is 0 Å². The van der Waals surface area contributed by atoms with Crippen molar-refractivity contribution in [3.8, 4) is 0 Å². The lowest BCUT2D eigenvalue weighted by Crippen LogP contribution is -2.48. The van der Waals surface area contributed by atoms with Gasteiger partial charge in [0.05, 0.1) is 0 Å². The molecule has 1 aliphatic heterocycles. The molecule has 1 fully saturated rings. The van der Waals surface area contributed by atoms with Gasteiger partial charge in [0, 0.05) is 60.1 Å². The van der Waals surface area contributed by atoms with E-state index in [1.807, 2.05) is 23.1 Å². The van der Waals surface area contributed by atoms with E-state index in [4.69, 9.17) is 5.73 Å². The molecule has 0 bridgehead atoms. The lowest BCUT2D eigenvalue weighted by molar-refractivity contribution is 0.0747. The third-order valence-electron chi connectivity index (χ3n) is 4.80. The first-order valence-corrected chi connectivity index (χ1v) is 8.63. The van der Waals surface area contributed by atoms with Crippen LogP contribution >= 0.6 is 0 Å². The number of nitrogen functional groups attached to an aromatic ring is 1. The van der Waals surface area contributed by atoms with Crippen molar-refractivity contribution in [2.24, 2.45) is 0 Å². The van der Waals surface area contributed by atoms with E-state index >= 15 is 0 Å². The van der Waals surface area contributed by atoms with Gasteiger partial charge in [-0.2, -0.15) is 0 Å². The Kier molecular flexibility index (Phi) is 4.08. The second-order valence-electron chi connectivity index (χ2n) is 6.50. The molecule has 0 saturated carbocycles. The normalized spacial score (nSPS) is 14.6. The van der Waals surface area contributed by atoms with E-state index in [9.17, 15) is 9.59 Å². The van der Waals surface area contributed by atoms with Crippen LogP contribution in [0.3, 0.4) is 0 Å². The zero-order valence-electron chi connectivity index (χ0n) is 14.3. The highest BCUT2D eigenvalue weighted by atomic mass is 16.2. The fourth-order valence-corrected chi connectivity index (χ4v) is 3.31. The van der Waals surface area contributed by atoms with Crippen LogP contribution in [0.4, 0.5) is 11.4 Å². The number of amides is 1. The third kappa shape index (κ3) is 3.13. The van der Waals surface area contributed by atoms with Crippen molar-refractivity contribution < 1.29 is 4.79 Å². The first-order chi connectivity index (χ1) is 12.6. The SMILES string of the molecule is Nc1ccc(C(=O)N2CCN(c3ccc4[nH]c(=O)ccc4c3)CC2)cc1. The van der Waals surface area contributed by atoms with Gasteiger partial charge in [0.15, 0.2) is 0 Å². The molecule has 0 unspecified atom stereocenters. The summed E-state index contributed by atoms with van der Waals surface area (Å²) in [4.78, 5) is 31.0. The monoisotopic (exact) mass is 348 g/mol. The molecule has 6 heteroatoms. The number of nitrogens with zero attached hydrogens (tertiary/aromatic N) is 2. The molecular formula is C20H20N4O2. The van der Waals surface area contributed by atoms with Gasteiger partial charge in [-0.3, -0.25) is 9.59 Å². The molecule has 1 amide bonds. The minimum atomic E-state index is -0.0972. The first kappa shape index (κ1) is 16.2. The van der Waals surface area contributed by atoms with E-state index in [0.29, 0.717) is 24.3 Å². The molecule has 0 spiro atoms. The highest BCUT2D eigenvalue weighted by Crippen LogP contribution is 2.22. The number of aromatic amines is 1. The molecule has 2 heterocycles. The minimum absolute atomic E-state index is 0.0423. The van der Waals surface area contributed by atoms with Crippen LogP contribution in [0.25, 0.3) is 10.9 Å². The van der Waals surface area contributed by atoms with Crippen molar-refractivity contribution in [2.45, 2.75) is 0 Å². The van der Waals surface area contributed by atoms with Crippen molar-refractivity contribution in [2.75, 3.05) is 36.8 Å². The predicted molar refractivity (Wildman–Crippen MR) is 104 cm³/mol. The molecule has 1 aromatic heterocycles. The zero-order chi connectivity index (χ0) is 18.1. The number of nitrogens with two attached hydrogens (primary N) is 1. The van der Waals surface area contributed by atoms with Crippen molar-refractivity contribution in [1.82, 2.24) is 9.88 Å². The lowest BCUT2D eigenvalue weighted by atomic mass is 10.1. The predicted octanol–water partition coefficient (Wildman–Crippen LogP) is 2.07. The maximum atomic E-state index is 12.6. The Bertz CT molecular complexity index is 1000. The number of fused-ring (bicyclic) bond motifs is 1. The number of benzene rings is 2. The number of piperazine rings is 1. The summed E-state index contributed by atoms with van der Waals surface area (Å²) in [5, 5.41) is 1.00. The second kappa shape index (κ2) is 6.55. The Balaban J connectivity index is 1.46. The Morgan fingerprint density at radius 1 is 0.923 bits per heavy atom. The summed E-state index contributed by atoms with van der Waals surface area (Å²) in [6.07, 6.45) is 0. The van der Waals surface area contributed by atoms with Gasteiger partial charge in [-0.05, 0) is 48.5 Å². The second-order valence-corrected chi connectivity index (χ2v) is 6.50. The number of H-pyrrole nitrogens is 1. The number of carbonyl (C=O) groups is 1. The van der Waals surface area contributed by atoms with Crippen LogP contribution in [-0.4, -0.2) is 42.0 Å². The molecule has 6 nitrogen and oxygen atoms in total. The van der Waals surface area contributed by atoms with Crippen molar-refractivity contribution in [3.05, 3.63) is 70.5 Å². The number of hydrogen-bond acceptors (Lipinski definition) is 4. The smallest absolute Gasteiger partial charge is 0.253 e. The van der Waals surface area contributed by atoms with Crippen LogP contribution < -0.4 is 16.2 Å². The number of hydrogen-bond donors (Lipinski definition) is 2. The first-order valence-electron chi connectivity index (χ1n) is 8.63. The van der Waals surface area contributed by atoms with Gasteiger partial charge in [0.2, 0.25) is 5.56 Å². The highest BCUT2D eigenvalue weighted by Gasteiger charge is 2.22. The summed E-state index contributed by atoms with van der Waals surface area (Å²) >= 11 is 0. The van der Waals surface area contributed by atoms with Gasteiger partial charge in [-0.25, -0.2) is 0 Å². The van der Waals surface area contributed by atoms with Crippen molar-refractivity contribution in [1.29, 1.82) is 0 Å². The standard InChI is InChI=1S/C20H20N4O2/c21-16-4-1-14(2-5-16)20(26)24-11-9-23(10-12-24)17-6-7-18-15(13-17)3-8-19(25)22-18/h1-8,13H,9-12,21H2,(H,22,25). The maximum absolute atomic E-state index is 12.6. The van der Waals surface area contributed by atoms with Crippen LogP contribution in [0.1, 0.15) is 10.4 Å². The summed E-state index contributed by atoms with van der Waals surface area (Å²) in [6.45, 7) is 2.89. The van der Waals surface area contributed by atoms with E-state index in [1.54, 1.807) is 24.3 Å². The molecule has 132 valence electrons. The molecular weight excluding hydrogens is 328 g/mol. The van der Waals surface area contributed by atoms with E-state index < -0.39 is 0 Å². The van der Waals surface area contributed by atoms with Gasteiger partial charge >= 0.3 is 0 Å². The summed E-state index contributed by atoms with van der Waals surface area (Å²) in [5.41, 5.74) is 8.85. The summed E-state index contributed by atoms with van der Waals surface area (Å²) in [6, 6.07) is 16.4. The number of anilines is 2. The van der Waals surface area contributed by atoms with Crippen LogP contribution in [0.15, 0.2) is 59.4 Å². The van der Waals surface area contributed by atoms with Crippen molar-refractivity contribution in [3.63, 3.8) is 0 Å². The average molecular weight is 348 g/mol. The zero-order valence-corrected chi connectivity index (χ0v) is 14.3. The van der Waals surface area contributed by atoms with Crippen molar-refractivity contribution >= 4 is 28.2 Å². The number of aromatic nitrogens is 1. The topological polar surface area (TPSA) is 82.4 Å². The molecule has 2 aromatic carbocycles. The van der Waals surface area contributed by atoms with E-state index in [1.165, 1.54) is 6.07 Å². The van der Waals surface area contributed by atoms with Crippen LogP contribution in [0.2, 0.25) is 0 Å². The number of nitrogens with one attached hydrogen (secondary N) is 1. The Morgan fingerprint density at radius 3 is 2.38 bits per heavy atom.